The highest BCUT2D eigenvalue weighted by Gasteiger charge is 2.19. The first-order chi connectivity index (χ1) is 8.84. The van der Waals surface area contributed by atoms with Crippen molar-refractivity contribution in [1.29, 1.82) is 0 Å². The number of aliphatic hydroxyl groups is 1. The number of ether oxygens (including phenoxy) is 1. The van der Waals surface area contributed by atoms with Crippen LogP contribution in [0.15, 0.2) is 18.2 Å². The van der Waals surface area contributed by atoms with Gasteiger partial charge in [0, 0.05) is 12.6 Å². The van der Waals surface area contributed by atoms with Crippen LogP contribution in [0.25, 0.3) is 0 Å². The monoisotopic (exact) mass is 269 g/mol. The van der Waals surface area contributed by atoms with E-state index >= 15 is 0 Å². The fourth-order valence-corrected chi connectivity index (χ4v) is 1.43. The second-order valence-corrected chi connectivity index (χ2v) is 5.44. The summed E-state index contributed by atoms with van der Waals surface area (Å²) < 4.78 is 19.1. The van der Waals surface area contributed by atoms with Crippen LogP contribution in [-0.4, -0.2) is 23.4 Å². The third kappa shape index (κ3) is 5.57. The standard InChI is InChI=1S/C15H24FNO2/c1-5-15(4,18)10-19-14-7-6-12(8-13(14)16)9-17-11(2)3/h6-8,11,17-18H,5,9-10H2,1-4H3. The molecule has 3 nitrogen and oxygen atoms in total. The van der Waals surface area contributed by atoms with Gasteiger partial charge in [-0.05, 0) is 31.0 Å². The minimum Gasteiger partial charge on any atom is -0.488 e. The van der Waals surface area contributed by atoms with Crippen molar-refractivity contribution in [3.63, 3.8) is 0 Å². The molecule has 0 aliphatic rings. The van der Waals surface area contributed by atoms with Gasteiger partial charge in [0.1, 0.15) is 6.61 Å². The van der Waals surface area contributed by atoms with E-state index in [1.54, 1.807) is 13.0 Å². The molecule has 1 aromatic carbocycles. The second-order valence-electron chi connectivity index (χ2n) is 5.44. The zero-order valence-corrected chi connectivity index (χ0v) is 12.2. The van der Waals surface area contributed by atoms with E-state index in [1.807, 2.05) is 26.8 Å². The lowest BCUT2D eigenvalue weighted by molar-refractivity contribution is 0.00733. The van der Waals surface area contributed by atoms with E-state index in [0.717, 1.165) is 5.56 Å². The molecular formula is C15H24FNO2. The molecule has 0 aliphatic heterocycles. The van der Waals surface area contributed by atoms with Gasteiger partial charge in [0.2, 0.25) is 0 Å². The summed E-state index contributed by atoms with van der Waals surface area (Å²) in [6, 6.07) is 5.26. The number of nitrogens with one attached hydrogen (secondary N) is 1. The number of halogens is 1. The first kappa shape index (κ1) is 15.9. The lowest BCUT2D eigenvalue weighted by Gasteiger charge is -2.21. The third-order valence-electron chi connectivity index (χ3n) is 3.01. The van der Waals surface area contributed by atoms with Crippen LogP contribution in [0.3, 0.4) is 0 Å². The Morgan fingerprint density at radius 2 is 2.11 bits per heavy atom. The third-order valence-corrected chi connectivity index (χ3v) is 3.01. The Morgan fingerprint density at radius 1 is 1.42 bits per heavy atom. The molecule has 0 bridgehead atoms. The molecule has 2 N–H and O–H groups in total. The van der Waals surface area contributed by atoms with Crippen LogP contribution in [0, 0.1) is 5.82 Å². The molecule has 0 saturated carbocycles. The van der Waals surface area contributed by atoms with Gasteiger partial charge < -0.3 is 15.2 Å². The predicted molar refractivity (Wildman–Crippen MR) is 74.8 cm³/mol. The van der Waals surface area contributed by atoms with E-state index < -0.39 is 11.4 Å². The second kappa shape index (κ2) is 6.87. The number of hydrogen-bond donors (Lipinski definition) is 2. The molecule has 4 heteroatoms. The van der Waals surface area contributed by atoms with Crippen molar-refractivity contribution in [2.24, 2.45) is 0 Å². The van der Waals surface area contributed by atoms with Crippen molar-refractivity contribution in [3.8, 4) is 5.75 Å². The normalized spacial score (nSPS) is 14.5. The van der Waals surface area contributed by atoms with Gasteiger partial charge in [-0.25, -0.2) is 4.39 Å². The Kier molecular flexibility index (Phi) is 5.76. The smallest absolute Gasteiger partial charge is 0.165 e. The Morgan fingerprint density at radius 3 is 2.63 bits per heavy atom. The van der Waals surface area contributed by atoms with Crippen molar-refractivity contribution in [3.05, 3.63) is 29.6 Å². The maximum Gasteiger partial charge on any atom is 0.165 e. The fraction of sp³-hybridized carbons (Fsp3) is 0.600. The van der Waals surface area contributed by atoms with Crippen molar-refractivity contribution in [1.82, 2.24) is 5.32 Å². The van der Waals surface area contributed by atoms with Crippen molar-refractivity contribution >= 4 is 0 Å². The Balaban J connectivity index is 2.62. The highest BCUT2D eigenvalue weighted by Crippen LogP contribution is 2.20. The molecule has 19 heavy (non-hydrogen) atoms. The highest BCUT2D eigenvalue weighted by atomic mass is 19.1. The maximum atomic E-state index is 13.8. The molecule has 0 amide bonds. The molecule has 1 aromatic rings. The average molecular weight is 269 g/mol. The highest BCUT2D eigenvalue weighted by molar-refractivity contribution is 5.29. The average Bonchev–Trinajstić information content (AvgIpc) is 2.35. The predicted octanol–water partition coefficient (Wildman–Crippen LogP) is 2.86. The largest absolute Gasteiger partial charge is 0.488 e. The lowest BCUT2D eigenvalue weighted by Crippen LogP contribution is -2.31. The summed E-state index contributed by atoms with van der Waals surface area (Å²) in [7, 11) is 0. The van der Waals surface area contributed by atoms with Crippen LogP contribution in [0.5, 0.6) is 5.75 Å². The van der Waals surface area contributed by atoms with E-state index in [4.69, 9.17) is 4.74 Å². The molecule has 0 saturated heterocycles. The summed E-state index contributed by atoms with van der Waals surface area (Å²) in [5.74, 6) is -0.211. The zero-order valence-electron chi connectivity index (χ0n) is 12.2. The summed E-state index contributed by atoms with van der Waals surface area (Å²) in [6.07, 6.45) is 0.561. The van der Waals surface area contributed by atoms with Gasteiger partial charge in [0.15, 0.2) is 11.6 Å². The Bertz CT molecular complexity index is 405. The van der Waals surface area contributed by atoms with Crippen LogP contribution < -0.4 is 10.1 Å². The van der Waals surface area contributed by atoms with Gasteiger partial charge in [0.25, 0.3) is 0 Å². The molecule has 0 aromatic heterocycles. The van der Waals surface area contributed by atoms with Gasteiger partial charge in [-0.15, -0.1) is 0 Å². The molecule has 0 radical (unpaired) electrons. The number of benzene rings is 1. The van der Waals surface area contributed by atoms with Gasteiger partial charge in [-0.3, -0.25) is 0 Å². The van der Waals surface area contributed by atoms with Gasteiger partial charge in [-0.2, -0.15) is 0 Å². The number of hydrogen-bond acceptors (Lipinski definition) is 3. The number of rotatable bonds is 7. The molecule has 0 heterocycles. The van der Waals surface area contributed by atoms with Crippen molar-refractivity contribution in [2.75, 3.05) is 6.61 Å². The zero-order chi connectivity index (χ0) is 14.5. The summed E-state index contributed by atoms with van der Waals surface area (Å²) in [5, 5.41) is 13.0. The summed E-state index contributed by atoms with van der Waals surface area (Å²) in [4.78, 5) is 0. The molecule has 1 atom stereocenters. The molecule has 1 unspecified atom stereocenters. The SMILES string of the molecule is CCC(C)(O)COc1ccc(CNC(C)C)cc1F. The van der Waals surface area contributed by atoms with Crippen LogP contribution in [0.4, 0.5) is 4.39 Å². The van der Waals surface area contributed by atoms with Crippen LogP contribution >= 0.6 is 0 Å². The topological polar surface area (TPSA) is 41.5 Å². The molecule has 0 aliphatic carbocycles. The maximum absolute atomic E-state index is 13.8. The summed E-state index contributed by atoms with van der Waals surface area (Å²) in [6.45, 7) is 8.33. The van der Waals surface area contributed by atoms with Gasteiger partial charge >= 0.3 is 0 Å². The van der Waals surface area contributed by atoms with Crippen molar-refractivity contribution < 1.29 is 14.2 Å². The van der Waals surface area contributed by atoms with Gasteiger partial charge in [-0.1, -0.05) is 26.8 Å². The van der Waals surface area contributed by atoms with Gasteiger partial charge in [0.05, 0.1) is 5.60 Å². The molecule has 0 fully saturated rings. The quantitative estimate of drug-likeness (QED) is 0.799. The minimum atomic E-state index is -0.926. The summed E-state index contributed by atoms with van der Waals surface area (Å²) >= 11 is 0. The van der Waals surface area contributed by atoms with Crippen molar-refractivity contribution in [2.45, 2.75) is 52.3 Å². The van der Waals surface area contributed by atoms with E-state index in [-0.39, 0.29) is 12.4 Å². The molecule has 1 rings (SSSR count). The first-order valence-electron chi connectivity index (χ1n) is 6.71. The fourth-order valence-electron chi connectivity index (χ4n) is 1.43. The Hall–Kier alpha value is -1.13. The van der Waals surface area contributed by atoms with Crippen LogP contribution in [0.2, 0.25) is 0 Å². The molecule has 108 valence electrons. The Labute approximate surface area is 114 Å². The molecule has 0 spiro atoms. The summed E-state index contributed by atoms with van der Waals surface area (Å²) in [5.41, 5.74) is -0.0505. The first-order valence-corrected chi connectivity index (χ1v) is 6.71. The van der Waals surface area contributed by atoms with E-state index in [1.165, 1.54) is 6.07 Å². The molecular weight excluding hydrogens is 245 g/mol. The van der Waals surface area contributed by atoms with E-state index in [0.29, 0.717) is 19.0 Å². The van der Waals surface area contributed by atoms with Crippen LogP contribution in [-0.2, 0) is 6.54 Å². The van der Waals surface area contributed by atoms with E-state index in [9.17, 15) is 9.50 Å². The minimum absolute atomic E-state index is 0.0873. The van der Waals surface area contributed by atoms with Crippen LogP contribution in [0.1, 0.15) is 39.7 Å². The van der Waals surface area contributed by atoms with E-state index in [2.05, 4.69) is 5.32 Å². The lowest BCUT2D eigenvalue weighted by atomic mass is 10.1.